The molecular formula is C21H17FNS+. The predicted octanol–water partition coefficient (Wildman–Crippen LogP) is 5.51. The number of hydrogen-bond acceptors (Lipinski definition) is 1. The summed E-state index contributed by atoms with van der Waals surface area (Å²) in [4.78, 5) is 0. The van der Waals surface area contributed by atoms with E-state index in [9.17, 15) is 4.39 Å². The second-order valence-electron chi connectivity index (χ2n) is 6.00. The van der Waals surface area contributed by atoms with Crippen LogP contribution in [-0.2, 0) is 7.05 Å². The van der Waals surface area contributed by atoms with Crippen molar-refractivity contribution < 1.29 is 8.96 Å². The van der Waals surface area contributed by atoms with Gasteiger partial charge in [0, 0.05) is 21.0 Å². The van der Waals surface area contributed by atoms with Crippen LogP contribution < -0.4 is 4.57 Å². The van der Waals surface area contributed by atoms with E-state index >= 15 is 0 Å². The molecular weight excluding hydrogens is 317 g/mol. The minimum Gasteiger partial charge on any atom is -0.200 e. The van der Waals surface area contributed by atoms with Gasteiger partial charge >= 0.3 is 0 Å². The molecule has 2 aromatic carbocycles. The van der Waals surface area contributed by atoms with Crippen molar-refractivity contribution in [2.45, 2.75) is 6.92 Å². The summed E-state index contributed by atoms with van der Waals surface area (Å²) >= 11 is 1.69. The number of fused-ring (bicyclic) bond motifs is 1. The number of hydrogen-bond donors (Lipinski definition) is 0. The number of benzene rings is 2. The van der Waals surface area contributed by atoms with Gasteiger partial charge in [0.05, 0.1) is 11.1 Å². The SMILES string of the molecule is Cc1ccccc1-c1c(F)cc(-c2csc3ccccc23)c[n+]1C. The van der Waals surface area contributed by atoms with Crippen LogP contribution in [0.5, 0.6) is 0 Å². The van der Waals surface area contributed by atoms with Crippen LogP contribution in [0.4, 0.5) is 4.39 Å². The summed E-state index contributed by atoms with van der Waals surface area (Å²) in [6.45, 7) is 2.01. The molecule has 4 aromatic rings. The molecule has 0 amide bonds. The lowest BCUT2D eigenvalue weighted by molar-refractivity contribution is -0.661. The highest BCUT2D eigenvalue weighted by atomic mass is 32.1. The average molecular weight is 334 g/mol. The number of halogens is 1. The third kappa shape index (κ3) is 2.42. The van der Waals surface area contributed by atoms with E-state index in [1.807, 2.05) is 61.1 Å². The van der Waals surface area contributed by atoms with E-state index in [0.717, 1.165) is 22.3 Å². The van der Waals surface area contributed by atoms with Crippen molar-refractivity contribution in [2.75, 3.05) is 0 Å². The zero-order valence-electron chi connectivity index (χ0n) is 13.6. The van der Waals surface area contributed by atoms with Crippen LogP contribution in [-0.4, -0.2) is 0 Å². The lowest BCUT2D eigenvalue weighted by Crippen LogP contribution is -2.32. The molecule has 3 heteroatoms. The minimum absolute atomic E-state index is 0.195. The summed E-state index contributed by atoms with van der Waals surface area (Å²) in [5, 5.41) is 3.28. The first-order valence-corrected chi connectivity index (χ1v) is 8.75. The molecule has 0 unspecified atom stereocenters. The average Bonchev–Trinajstić information content (AvgIpc) is 3.00. The van der Waals surface area contributed by atoms with Crippen LogP contribution in [0.2, 0.25) is 0 Å². The van der Waals surface area contributed by atoms with Crippen LogP contribution in [0.15, 0.2) is 66.2 Å². The highest BCUT2D eigenvalue weighted by molar-refractivity contribution is 7.17. The van der Waals surface area contributed by atoms with Gasteiger partial charge in [-0.2, -0.15) is 8.96 Å². The maximum absolute atomic E-state index is 15.0. The summed E-state index contributed by atoms with van der Waals surface area (Å²) in [6.07, 6.45) is 2.01. The van der Waals surface area contributed by atoms with Crippen molar-refractivity contribution in [3.8, 4) is 22.4 Å². The molecule has 0 atom stereocenters. The zero-order valence-corrected chi connectivity index (χ0v) is 14.4. The van der Waals surface area contributed by atoms with Crippen molar-refractivity contribution in [2.24, 2.45) is 7.05 Å². The van der Waals surface area contributed by atoms with Crippen molar-refractivity contribution >= 4 is 21.4 Å². The first-order chi connectivity index (χ1) is 11.6. The number of thiophene rings is 1. The molecule has 2 heterocycles. The quantitative estimate of drug-likeness (QED) is 0.426. The molecule has 2 aromatic heterocycles. The lowest BCUT2D eigenvalue weighted by atomic mass is 10.0. The van der Waals surface area contributed by atoms with E-state index in [2.05, 4.69) is 17.5 Å². The second-order valence-corrected chi connectivity index (χ2v) is 6.91. The van der Waals surface area contributed by atoms with Gasteiger partial charge in [-0.25, -0.2) is 0 Å². The number of nitrogens with zero attached hydrogens (tertiary/aromatic N) is 1. The molecule has 0 fully saturated rings. The summed E-state index contributed by atoms with van der Waals surface area (Å²) < 4.78 is 18.1. The molecule has 0 saturated heterocycles. The Bertz CT molecular complexity index is 1030. The Morgan fingerprint density at radius 1 is 0.958 bits per heavy atom. The van der Waals surface area contributed by atoms with E-state index in [0.29, 0.717) is 5.69 Å². The van der Waals surface area contributed by atoms with Gasteiger partial charge in [-0.15, -0.1) is 11.3 Å². The summed E-state index contributed by atoms with van der Waals surface area (Å²) in [5.74, 6) is -0.195. The number of rotatable bonds is 2. The summed E-state index contributed by atoms with van der Waals surface area (Å²) in [6, 6.07) is 17.8. The molecule has 0 aliphatic carbocycles. The van der Waals surface area contributed by atoms with Gasteiger partial charge in [0.15, 0.2) is 12.0 Å². The molecule has 4 rings (SSSR count). The first-order valence-electron chi connectivity index (χ1n) is 7.87. The van der Waals surface area contributed by atoms with Crippen LogP contribution in [0.3, 0.4) is 0 Å². The first kappa shape index (κ1) is 15.0. The number of aromatic nitrogens is 1. The maximum Gasteiger partial charge on any atom is 0.248 e. The van der Waals surface area contributed by atoms with Gasteiger partial charge < -0.3 is 0 Å². The monoisotopic (exact) mass is 334 g/mol. The van der Waals surface area contributed by atoms with E-state index in [-0.39, 0.29) is 5.82 Å². The molecule has 0 aliphatic heterocycles. The molecule has 0 bridgehead atoms. The Morgan fingerprint density at radius 3 is 2.50 bits per heavy atom. The fraction of sp³-hybridized carbons (Fsp3) is 0.0952. The highest BCUT2D eigenvalue weighted by Crippen LogP contribution is 2.34. The summed E-state index contributed by atoms with van der Waals surface area (Å²) in [5.41, 5.74) is 4.61. The van der Waals surface area contributed by atoms with Gasteiger partial charge in [0.1, 0.15) is 7.05 Å². The van der Waals surface area contributed by atoms with Crippen LogP contribution in [0.1, 0.15) is 5.56 Å². The molecule has 0 saturated carbocycles. The summed E-state index contributed by atoms with van der Waals surface area (Å²) in [7, 11) is 1.91. The minimum atomic E-state index is -0.195. The molecule has 0 aliphatic rings. The molecule has 1 nitrogen and oxygen atoms in total. The Hall–Kier alpha value is -2.52. The van der Waals surface area contributed by atoms with Crippen molar-refractivity contribution in [3.05, 3.63) is 77.6 Å². The van der Waals surface area contributed by atoms with Crippen molar-refractivity contribution in [1.29, 1.82) is 0 Å². The number of pyridine rings is 1. The third-order valence-electron chi connectivity index (χ3n) is 4.39. The molecule has 0 radical (unpaired) electrons. The fourth-order valence-corrected chi connectivity index (χ4v) is 4.16. The van der Waals surface area contributed by atoms with Crippen LogP contribution in [0.25, 0.3) is 32.5 Å². The van der Waals surface area contributed by atoms with Gasteiger partial charge in [0.25, 0.3) is 0 Å². The van der Waals surface area contributed by atoms with E-state index in [1.165, 1.54) is 10.1 Å². The van der Waals surface area contributed by atoms with Gasteiger partial charge in [-0.1, -0.05) is 36.4 Å². The Balaban J connectivity index is 1.91. The predicted molar refractivity (Wildman–Crippen MR) is 98.6 cm³/mol. The fourth-order valence-electron chi connectivity index (χ4n) is 3.19. The normalized spacial score (nSPS) is 11.1. The van der Waals surface area contributed by atoms with Gasteiger partial charge in [-0.05, 0) is 30.7 Å². The van der Waals surface area contributed by atoms with E-state index in [4.69, 9.17) is 0 Å². The Kier molecular flexibility index (Phi) is 3.66. The number of aryl methyl sites for hydroxylation is 2. The Labute approximate surface area is 144 Å². The van der Waals surface area contributed by atoms with E-state index in [1.54, 1.807) is 17.4 Å². The second kappa shape index (κ2) is 5.84. The molecule has 24 heavy (non-hydrogen) atoms. The van der Waals surface area contributed by atoms with Crippen LogP contribution >= 0.6 is 11.3 Å². The Morgan fingerprint density at radius 2 is 1.71 bits per heavy atom. The molecule has 0 spiro atoms. The maximum atomic E-state index is 15.0. The molecule has 0 N–H and O–H groups in total. The van der Waals surface area contributed by atoms with Crippen LogP contribution in [0, 0.1) is 12.7 Å². The highest BCUT2D eigenvalue weighted by Gasteiger charge is 2.21. The largest absolute Gasteiger partial charge is 0.248 e. The zero-order chi connectivity index (χ0) is 16.7. The topological polar surface area (TPSA) is 3.88 Å². The van der Waals surface area contributed by atoms with Crippen molar-refractivity contribution in [1.82, 2.24) is 0 Å². The smallest absolute Gasteiger partial charge is 0.200 e. The van der Waals surface area contributed by atoms with E-state index < -0.39 is 0 Å². The van der Waals surface area contributed by atoms with Gasteiger partial charge in [-0.3, -0.25) is 0 Å². The molecule has 118 valence electrons. The third-order valence-corrected chi connectivity index (χ3v) is 5.35. The standard InChI is InChI=1S/C21H17FNS/c1-14-7-3-4-8-16(14)21-19(22)11-15(12-23(21)2)18-13-24-20-10-6-5-9-17(18)20/h3-13H,1-2H3/q+1. The van der Waals surface area contributed by atoms with Crippen molar-refractivity contribution in [3.63, 3.8) is 0 Å². The lowest BCUT2D eigenvalue weighted by Gasteiger charge is -2.07. The van der Waals surface area contributed by atoms with Gasteiger partial charge in [0.2, 0.25) is 5.69 Å².